The molecule has 0 aliphatic carbocycles. The van der Waals surface area contributed by atoms with E-state index in [1.165, 1.54) is 0 Å². The van der Waals surface area contributed by atoms with Gasteiger partial charge in [0.15, 0.2) is 5.60 Å². The summed E-state index contributed by atoms with van der Waals surface area (Å²) in [6, 6.07) is 0. The number of carbonyl (C=O) groups excluding carboxylic acids is 3. The van der Waals surface area contributed by atoms with E-state index < -0.39 is 54.8 Å². The Morgan fingerprint density at radius 1 is 0.600 bits per heavy atom. The molecule has 0 aromatic heterocycles. The molecular formula is C9H8O16. The van der Waals surface area contributed by atoms with Crippen LogP contribution in [0.25, 0.3) is 0 Å². The van der Waals surface area contributed by atoms with E-state index in [0.29, 0.717) is 0 Å². The second kappa shape index (κ2) is 9.35. The first-order valence-corrected chi connectivity index (χ1v) is 5.51. The minimum Gasteiger partial charge on any atom is -0.447 e. The van der Waals surface area contributed by atoms with Crippen LogP contribution in [0.2, 0.25) is 0 Å². The number of aliphatic hydroxyl groups is 1. The van der Waals surface area contributed by atoms with Crippen molar-refractivity contribution in [3.05, 3.63) is 0 Å². The van der Waals surface area contributed by atoms with E-state index in [1.807, 2.05) is 0 Å². The van der Waals surface area contributed by atoms with Crippen LogP contribution in [0.15, 0.2) is 0 Å². The minimum absolute atomic E-state index is 1.52. The van der Waals surface area contributed by atoms with Gasteiger partial charge in [0.2, 0.25) is 0 Å². The predicted octanol–water partition coefficient (Wildman–Crippen LogP) is -1.04. The lowest BCUT2D eigenvalue weighted by Gasteiger charge is -2.21. The third kappa shape index (κ3) is 9.03. The van der Waals surface area contributed by atoms with E-state index in [2.05, 4.69) is 29.3 Å². The molecule has 16 heteroatoms. The summed E-state index contributed by atoms with van der Waals surface area (Å²) in [5.74, 6) is -5.50. The second-order valence-corrected chi connectivity index (χ2v) is 3.71. The Hall–Kier alpha value is -3.82. The molecule has 0 amide bonds. The topological polar surface area (TPSA) is 239 Å². The fourth-order valence-electron chi connectivity index (χ4n) is 1.06. The van der Waals surface area contributed by atoms with Crippen LogP contribution in [0.1, 0.15) is 12.8 Å². The molecule has 0 aromatic carbocycles. The Kier molecular flexibility index (Phi) is 7.92. The van der Waals surface area contributed by atoms with Crippen LogP contribution in [-0.4, -0.2) is 62.4 Å². The monoisotopic (exact) mass is 372 g/mol. The number of hydrogen-bond acceptors (Lipinski definition) is 13. The van der Waals surface area contributed by atoms with Crippen LogP contribution < -0.4 is 0 Å². The maximum absolute atomic E-state index is 11.5. The standard InChI is InChI=1S/C9H8O16/c10-3(20-23-6(13)14)1-9(19,5(12)22-25-8(17)18)2-4(11)21-24-7(15)16/h19H,1-2H2,(H,13,14)(H,15,16)(H,17,18). The third-order valence-corrected chi connectivity index (χ3v) is 1.85. The van der Waals surface area contributed by atoms with Crippen molar-refractivity contribution in [2.75, 3.05) is 0 Å². The first kappa shape index (κ1) is 21.2. The van der Waals surface area contributed by atoms with Gasteiger partial charge in [-0.3, -0.25) is 0 Å². The highest BCUT2D eigenvalue weighted by Crippen LogP contribution is 2.20. The zero-order valence-corrected chi connectivity index (χ0v) is 11.6. The first-order chi connectivity index (χ1) is 11.5. The molecule has 0 aliphatic heterocycles. The van der Waals surface area contributed by atoms with Crippen LogP contribution in [0.3, 0.4) is 0 Å². The summed E-state index contributed by atoms with van der Waals surface area (Å²) >= 11 is 0. The van der Waals surface area contributed by atoms with E-state index in [-0.39, 0.29) is 0 Å². The van der Waals surface area contributed by atoms with E-state index in [0.717, 1.165) is 0 Å². The number of rotatable bonds is 5. The SMILES string of the molecule is O=C(O)OOC(=O)CC(O)(CC(=O)OOC(=O)O)C(=O)OOC(=O)O. The molecule has 0 rings (SSSR count). The zero-order chi connectivity index (χ0) is 19.6. The van der Waals surface area contributed by atoms with Crippen molar-refractivity contribution in [1.82, 2.24) is 0 Å². The summed E-state index contributed by atoms with van der Waals surface area (Å²) in [5.41, 5.74) is -3.23. The highest BCUT2D eigenvalue weighted by molar-refractivity contribution is 5.90. The molecule has 0 aromatic rings. The van der Waals surface area contributed by atoms with Gasteiger partial charge in [-0.15, -0.1) is 0 Å². The van der Waals surface area contributed by atoms with Crippen molar-refractivity contribution >= 4 is 36.4 Å². The summed E-state index contributed by atoms with van der Waals surface area (Å²) in [6.07, 6.45) is -9.36. The van der Waals surface area contributed by atoms with Crippen LogP contribution >= 0.6 is 0 Å². The summed E-state index contributed by atoms with van der Waals surface area (Å²) in [7, 11) is 0. The van der Waals surface area contributed by atoms with E-state index in [9.17, 15) is 33.9 Å². The van der Waals surface area contributed by atoms with Crippen molar-refractivity contribution in [1.29, 1.82) is 0 Å². The molecule has 0 atom stereocenters. The Labute approximate surface area is 134 Å². The maximum Gasteiger partial charge on any atom is 0.547 e. The van der Waals surface area contributed by atoms with E-state index in [1.54, 1.807) is 0 Å². The van der Waals surface area contributed by atoms with Crippen molar-refractivity contribution in [2.24, 2.45) is 0 Å². The first-order valence-electron chi connectivity index (χ1n) is 5.51. The van der Waals surface area contributed by atoms with Gasteiger partial charge in [-0.1, -0.05) is 0 Å². The van der Waals surface area contributed by atoms with Crippen molar-refractivity contribution in [3.8, 4) is 0 Å². The molecule has 140 valence electrons. The molecule has 0 aliphatic rings. The Morgan fingerprint density at radius 2 is 0.920 bits per heavy atom. The van der Waals surface area contributed by atoms with Crippen molar-refractivity contribution in [2.45, 2.75) is 18.4 Å². The average Bonchev–Trinajstić information content (AvgIpc) is 2.48. The van der Waals surface area contributed by atoms with Gasteiger partial charge in [0, 0.05) is 0 Å². The zero-order valence-electron chi connectivity index (χ0n) is 11.6. The lowest BCUT2D eigenvalue weighted by Crippen LogP contribution is -2.45. The van der Waals surface area contributed by atoms with E-state index in [4.69, 9.17) is 15.3 Å². The molecule has 0 heterocycles. The molecule has 0 fully saturated rings. The van der Waals surface area contributed by atoms with Crippen LogP contribution in [0, 0.1) is 0 Å². The predicted molar refractivity (Wildman–Crippen MR) is 59.8 cm³/mol. The van der Waals surface area contributed by atoms with Gasteiger partial charge in [-0.2, -0.15) is 0 Å². The smallest absolute Gasteiger partial charge is 0.447 e. The fraction of sp³-hybridized carbons (Fsp3) is 0.333. The van der Waals surface area contributed by atoms with Gasteiger partial charge in [0.1, 0.15) is 0 Å². The largest absolute Gasteiger partial charge is 0.547 e. The summed E-state index contributed by atoms with van der Waals surface area (Å²) in [6.45, 7) is 0. The van der Waals surface area contributed by atoms with E-state index >= 15 is 0 Å². The quantitative estimate of drug-likeness (QED) is 0.332. The third-order valence-electron chi connectivity index (χ3n) is 1.85. The highest BCUT2D eigenvalue weighted by Gasteiger charge is 2.46. The minimum atomic E-state index is -3.23. The Morgan fingerprint density at radius 3 is 1.24 bits per heavy atom. The molecule has 0 saturated carbocycles. The average molecular weight is 372 g/mol. The van der Waals surface area contributed by atoms with Gasteiger partial charge in [-0.05, 0) is 0 Å². The van der Waals surface area contributed by atoms with Gasteiger partial charge in [0.25, 0.3) is 0 Å². The number of carbonyl (C=O) groups is 6. The molecule has 4 N–H and O–H groups in total. The highest BCUT2D eigenvalue weighted by atomic mass is 17.2. The number of hydrogen-bond donors (Lipinski definition) is 4. The molecule has 0 spiro atoms. The Balaban J connectivity index is 5.06. The lowest BCUT2D eigenvalue weighted by atomic mass is 9.96. The molecule has 0 bridgehead atoms. The molecule has 25 heavy (non-hydrogen) atoms. The molecule has 16 nitrogen and oxygen atoms in total. The van der Waals surface area contributed by atoms with Crippen LogP contribution in [0.5, 0.6) is 0 Å². The van der Waals surface area contributed by atoms with Crippen LogP contribution in [-0.2, 0) is 43.7 Å². The Bertz CT molecular complexity index is 530. The second-order valence-electron chi connectivity index (χ2n) is 3.71. The summed E-state index contributed by atoms with van der Waals surface area (Å²) in [4.78, 5) is 85.1. The van der Waals surface area contributed by atoms with Crippen molar-refractivity contribution in [3.63, 3.8) is 0 Å². The van der Waals surface area contributed by atoms with Gasteiger partial charge in [0.05, 0.1) is 12.8 Å². The van der Waals surface area contributed by atoms with Gasteiger partial charge >= 0.3 is 36.4 Å². The summed E-state index contributed by atoms with van der Waals surface area (Å²) < 4.78 is 0. The molecule has 0 unspecified atom stereocenters. The van der Waals surface area contributed by atoms with Crippen molar-refractivity contribution < 1.29 is 78.5 Å². The fourth-order valence-corrected chi connectivity index (χ4v) is 1.06. The lowest BCUT2D eigenvalue weighted by molar-refractivity contribution is -0.267. The maximum atomic E-state index is 11.5. The van der Waals surface area contributed by atoms with Gasteiger partial charge < -0.3 is 20.4 Å². The molecule has 0 saturated heterocycles. The molecular weight excluding hydrogens is 364 g/mol. The number of carboxylic acid groups (broad SMARTS) is 3. The van der Waals surface area contributed by atoms with Crippen LogP contribution in [0.4, 0.5) is 14.4 Å². The molecule has 0 radical (unpaired) electrons. The normalized spacial score (nSPS) is 9.96. The van der Waals surface area contributed by atoms with Gasteiger partial charge in [-0.25, -0.2) is 58.1 Å². The summed E-state index contributed by atoms with van der Waals surface area (Å²) in [5, 5.41) is 34.3.